The Labute approximate surface area is 149 Å². The van der Waals surface area contributed by atoms with Crippen molar-refractivity contribution in [3.8, 4) is 5.75 Å². The van der Waals surface area contributed by atoms with Crippen molar-refractivity contribution in [3.63, 3.8) is 0 Å². The first-order valence-electron chi connectivity index (χ1n) is 8.30. The molecule has 7 nitrogen and oxygen atoms in total. The third-order valence-corrected chi connectivity index (χ3v) is 3.85. The fourth-order valence-electron chi connectivity index (χ4n) is 2.69. The maximum atomic E-state index is 12.2. The first kappa shape index (κ1) is 17.8. The molecule has 1 aromatic carbocycles. The van der Waals surface area contributed by atoms with Crippen LogP contribution in [0.15, 0.2) is 36.7 Å². The van der Waals surface area contributed by atoms with Gasteiger partial charge in [-0.2, -0.15) is 8.78 Å². The van der Waals surface area contributed by atoms with Crippen LogP contribution in [0.4, 0.5) is 30.9 Å². The Morgan fingerprint density at radius 2 is 1.77 bits per heavy atom. The maximum Gasteiger partial charge on any atom is 0.387 e. The van der Waals surface area contributed by atoms with Gasteiger partial charge in [-0.25, -0.2) is 14.8 Å². The van der Waals surface area contributed by atoms with Gasteiger partial charge in [-0.05, 0) is 31.4 Å². The van der Waals surface area contributed by atoms with E-state index in [9.17, 15) is 13.6 Å². The molecule has 0 bridgehead atoms. The SMILES string of the molecule is O=C(Nc1cnc(N2CCCCC2)nc1)Nc1cccc(OC(F)F)c1. The van der Waals surface area contributed by atoms with Gasteiger partial charge >= 0.3 is 12.6 Å². The average Bonchev–Trinajstić information content (AvgIpc) is 2.63. The molecule has 1 aromatic heterocycles. The number of nitrogens with one attached hydrogen (secondary N) is 2. The number of anilines is 3. The molecule has 0 radical (unpaired) electrons. The highest BCUT2D eigenvalue weighted by Gasteiger charge is 2.13. The monoisotopic (exact) mass is 363 g/mol. The van der Waals surface area contributed by atoms with E-state index in [4.69, 9.17) is 0 Å². The topological polar surface area (TPSA) is 79.4 Å². The Morgan fingerprint density at radius 1 is 1.08 bits per heavy atom. The van der Waals surface area contributed by atoms with Gasteiger partial charge in [0.1, 0.15) is 5.75 Å². The van der Waals surface area contributed by atoms with Crippen LogP contribution in [0, 0.1) is 0 Å². The number of aromatic nitrogens is 2. The number of hydrogen-bond acceptors (Lipinski definition) is 5. The highest BCUT2D eigenvalue weighted by Crippen LogP contribution is 2.20. The number of halogens is 2. The molecule has 2 amide bonds. The van der Waals surface area contributed by atoms with E-state index in [1.165, 1.54) is 37.0 Å². The van der Waals surface area contributed by atoms with Gasteiger partial charge in [0, 0.05) is 24.8 Å². The van der Waals surface area contributed by atoms with E-state index in [1.807, 2.05) is 0 Å². The number of amides is 2. The molecular weight excluding hydrogens is 344 g/mol. The van der Waals surface area contributed by atoms with Crippen LogP contribution in [0.3, 0.4) is 0 Å². The molecule has 0 unspecified atom stereocenters. The van der Waals surface area contributed by atoms with Crippen molar-refractivity contribution < 1.29 is 18.3 Å². The molecule has 2 heterocycles. The van der Waals surface area contributed by atoms with E-state index in [0.29, 0.717) is 17.3 Å². The molecule has 0 saturated carbocycles. The molecule has 0 spiro atoms. The first-order chi connectivity index (χ1) is 12.6. The first-order valence-corrected chi connectivity index (χ1v) is 8.30. The van der Waals surface area contributed by atoms with Crippen LogP contribution in [-0.2, 0) is 0 Å². The van der Waals surface area contributed by atoms with Crippen LogP contribution in [0.25, 0.3) is 0 Å². The van der Waals surface area contributed by atoms with Gasteiger partial charge in [-0.1, -0.05) is 6.07 Å². The largest absolute Gasteiger partial charge is 0.435 e. The van der Waals surface area contributed by atoms with Crippen LogP contribution in [-0.4, -0.2) is 35.7 Å². The fourth-order valence-corrected chi connectivity index (χ4v) is 2.69. The van der Waals surface area contributed by atoms with Gasteiger partial charge in [0.2, 0.25) is 5.95 Å². The summed E-state index contributed by atoms with van der Waals surface area (Å²) in [5.74, 6) is 0.611. The summed E-state index contributed by atoms with van der Waals surface area (Å²) in [7, 11) is 0. The van der Waals surface area contributed by atoms with Crippen molar-refractivity contribution in [1.82, 2.24) is 9.97 Å². The van der Waals surface area contributed by atoms with E-state index in [2.05, 4.69) is 30.2 Å². The van der Waals surface area contributed by atoms with E-state index in [-0.39, 0.29) is 5.75 Å². The Hall–Kier alpha value is -2.97. The number of urea groups is 1. The highest BCUT2D eigenvalue weighted by atomic mass is 19.3. The lowest BCUT2D eigenvalue weighted by Crippen LogP contribution is -2.31. The number of piperidine rings is 1. The lowest BCUT2D eigenvalue weighted by atomic mass is 10.1. The zero-order valence-corrected chi connectivity index (χ0v) is 14.0. The van der Waals surface area contributed by atoms with Crippen LogP contribution >= 0.6 is 0 Å². The summed E-state index contributed by atoms with van der Waals surface area (Å²) in [4.78, 5) is 22.7. The summed E-state index contributed by atoms with van der Waals surface area (Å²) < 4.78 is 28.8. The number of benzene rings is 1. The quantitative estimate of drug-likeness (QED) is 0.847. The van der Waals surface area contributed by atoms with E-state index in [1.54, 1.807) is 6.07 Å². The molecule has 0 aliphatic carbocycles. The standard InChI is InChI=1S/C17H19F2N5O2/c18-15(19)26-14-6-4-5-12(9-14)22-17(25)23-13-10-20-16(21-11-13)24-7-2-1-3-8-24/h4-6,9-11,15H,1-3,7-8H2,(H2,22,23,25). The number of hydrogen-bond donors (Lipinski definition) is 2. The van der Waals surface area contributed by atoms with Crippen LogP contribution < -0.4 is 20.3 Å². The van der Waals surface area contributed by atoms with Gasteiger partial charge in [0.05, 0.1) is 18.1 Å². The second-order valence-corrected chi connectivity index (χ2v) is 5.80. The predicted molar refractivity (Wildman–Crippen MR) is 93.8 cm³/mol. The number of nitrogens with zero attached hydrogens (tertiary/aromatic N) is 3. The van der Waals surface area contributed by atoms with E-state index < -0.39 is 12.6 Å². The number of rotatable bonds is 5. The number of alkyl halides is 2. The maximum absolute atomic E-state index is 12.2. The molecule has 2 aromatic rings. The van der Waals surface area contributed by atoms with Gasteiger partial charge in [-0.15, -0.1) is 0 Å². The van der Waals surface area contributed by atoms with Gasteiger partial charge < -0.3 is 20.3 Å². The van der Waals surface area contributed by atoms with Crippen LogP contribution in [0.1, 0.15) is 19.3 Å². The Balaban J connectivity index is 1.56. The molecule has 26 heavy (non-hydrogen) atoms. The van der Waals surface area contributed by atoms with Crippen molar-refractivity contribution in [3.05, 3.63) is 36.7 Å². The molecule has 1 aliphatic rings. The van der Waals surface area contributed by atoms with Crippen LogP contribution in [0.2, 0.25) is 0 Å². The molecular formula is C17H19F2N5O2. The third-order valence-electron chi connectivity index (χ3n) is 3.85. The summed E-state index contributed by atoms with van der Waals surface area (Å²) in [6.45, 7) is -1.05. The molecule has 2 N–H and O–H groups in total. The average molecular weight is 363 g/mol. The molecule has 9 heteroatoms. The molecule has 1 aliphatic heterocycles. The predicted octanol–water partition coefficient (Wildman–Crippen LogP) is 3.71. The highest BCUT2D eigenvalue weighted by molar-refractivity contribution is 5.99. The number of carbonyl (C=O) groups is 1. The summed E-state index contributed by atoms with van der Waals surface area (Å²) >= 11 is 0. The summed E-state index contributed by atoms with van der Waals surface area (Å²) in [5.41, 5.74) is 0.759. The molecule has 1 fully saturated rings. The zero-order valence-electron chi connectivity index (χ0n) is 14.0. The van der Waals surface area contributed by atoms with Gasteiger partial charge in [0.15, 0.2) is 0 Å². The Bertz CT molecular complexity index is 736. The Morgan fingerprint density at radius 3 is 2.46 bits per heavy atom. The van der Waals surface area contributed by atoms with Crippen molar-refractivity contribution in [2.45, 2.75) is 25.9 Å². The molecule has 0 atom stereocenters. The van der Waals surface area contributed by atoms with Gasteiger partial charge in [-0.3, -0.25) is 0 Å². The minimum Gasteiger partial charge on any atom is -0.435 e. The second kappa shape index (κ2) is 8.41. The summed E-state index contributed by atoms with van der Waals surface area (Å²) in [6, 6.07) is 5.22. The third kappa shape index (κ3) is 5.01. The fraction of sp³-hybridized carbons (Fsp3) is 0.353. The minimum atomic E-state index is -2.92. The summed E-state index contributed by atoms with van der Waals surface area (Å²) in [6.07, 6.45) is 6.54. The van der Waals surface area contributed by atoms with Crippen molar-refractivity contribution in [2.24, 2.45) is 0 Å². The van der Waals surface area contributed by atoms with Crippen LogP contribution in [0.5, 0.6) is 5.75 Å². The van der Waals surface area contributed by atoms with E-state index in [0.717, 1.165) is 25.9 Å². The van der Waals surface area contributed by atoms with Crippen molar-refractivity contribution in [1.29, 1.82) is 0 Å². The zero-order chi connectivity index (χ0) is 18.4. The smallest absolute Gasteiger partial charge is 0.387 e. The number of ether oxygens (including phenoxy) is 1. The van der Waals surface area contributed by atoms with Gasteiger partial charge in [0.25, 0.3) is 0 Å². The van der Waals surface area contributed by atoms with E-state index >= 15 is 0 Å². The van der Waals surface area contributed by atoms with Crippen molar-refractivity contribution in [2.75, 3.05) is 28.6 Å². The lowest BCUT2D eigenvalue weighted by molar-refractivity contribution is -0.0497. The number of carbonyl (C=O) groups excluding carboxylic acids is 1. The second-order valence-electron chi connectivity index (χ2n) is 5.80. The molecule has 3 rings (SSSR count). The summed E-state index contributed by atoms with van der Waals surface area (Å²) in [5, 5.41) is 5.14. The minimum absolute atomic E-state index is 0.0352. The molecule has 1 saturated heterocycles. The lowest BCUT2D eigenvalue weighted by Gasteiger charge is -2.26. The molecule has 138 valence electrons. The Kier molecular flexibility index (Phi) is 5.77. The normalized spacial score (nSPS) is 14.2. The van der Waals surface area contributed by atoms with Crippen molar-refractivity contribution >= 4 is 23.4 Å².